The van der Waals surface area contributed by atoms with Crippen LogP contribution in [0, 0.1) is 10.1 Å². The highest BCUT2D eigenvalue weighted by atomic mass is 16.7. The molecule has 0 unspecified atom stereocenters. The molecule has 0 atom stereocenters. The highest BCUT2D eigenvalue weighted by Gasteiger charge is 2.08. The summed E-state index contributed by atoms with van der Waals surface area (Å²) in [6.07, 6.45) is 4.29. The van der Waals surface area contributed by atoms with E-state index >= 15 is 0 Å². The van der Waals surface area contributed by atoms with Gasteiger partial charge in [0.25, 0.3) is 0 Å². The van der Waals surface area contributed by atoms with Crippen molar-refractivity contribution in [2.24, 2.45) is 5.10 Å². The lowest BCUT2D eigenvalue weighted by Crippen LogP contribution is -2.36. The van der Waals surface area contributed by atoms with Crippen LogP contribution in [-0.4, -0.2) is 16.5 Å². The minimum atomic E-state index is -0.667. The normalized spacial score (nSPS) is 15.3. The molecule has 0 aromatic carbocycles. The lowest BCUT2D eigenvalue weighted by molar-refractivity contribution is -0.669. The first kappa shape index (κ1) is 5.54. The molecule has 1 heterocycles. The third-order valence-electron chi connectivity index (χ3n) is 0.703. The zero-order valence-corrected chi connectivity index (χ0v) is 4.39. The van der Waals surface area contributed by atoms with Crippen LogP contribution in [0.2, 0.25) is 0 Å². The molecule has 1 rings (SSSR count). The number of nitro groups is 1. The first-order chi connectivity index (χ1) is 4.30. The maximum Gasteiger partial charge on any atom is 0.169 e. The molecule has 48 valence electrons. The Labute approximate surface area is 50.5 Å². The van der Waals surface area contributed by atoms with Crippen LogP contribution in [0.25, 0.3) is 0 Å². The lowest BCUT2D eigenvalue weighted by Gasteiger charge is -2.07. The summed E-state index contributed by atoms with van der Waals surface area (Å²) in [5, 5.41) is 13.1. The zero-order valence-electron chi connectivity index (χ0n) is 4.39. The molecule has 1 aliphatic rings. The fourth-order valence-corrected chi connectivity index (χ4v) is 0.377. The molecule has 6 nitrogen and oxygen atoms in total. The molecule has 0 amide bonds. The van der Waals surface area contributed by atoms with Crippen molar-refractivity contribution in [1.29, 1.82) is 0 Å². The van der Waals surface area contributed by atoms with E-state index < -0.39 is 5.03 Å². The third-order valence-corrected chi connectivity index (χ3v) is 0.703. The van der Waals surface area contributed by atoms with E-state index in [0.29, 0.717) is 5.23 Å². The predicted molar refractivity (Wildman–Crippen MR) is 29.6 cm³/mol. The number of rotatable bonds is 1. The van der Waals surface area contributed by atoms with Gasteiger partial charge in [-0.15, -0.1) is 0 Å². The third kappa shape index (κ3) is 1.15. The molecule has 0 spiro atoms. The number of hydrazine groups is 2. The first-order valence-corrected chi connectivity index (χ1v) is 2.20. The molecule has 6 heteroatoms. The molecule has 0 aromatic rings. The lowest BCUT2D eigenvalue weighted by atomic mass is 10.7. The van der Waals surface area contributed by atoms with Gasteiger partial charge in [-0.3, -0.25) is 0 Å². The highest BCUT2D eigenvalue weighted by Crippen LogP contribution is 1.86. The van der Waals surface area contributed by atoms with Gasteiger partial charge < -0.3 is 10.1 Å². The van der Waals surface area contributed by atoms with Gasteiger partial charge in [-0.1, -0.05) is 0 Å². The van der Waals surface area contributed by atoms with E-state index in [1.165, 1.54) is 12.4 Å². The molecule has 1 aliphatic heterocycles. The van der Waals surface area contributed by atoms with E-state index in [1.807, 2.05) is 0 Å². The largest absolute Gasteiger partial charge is 0.338 e. The smallest absolute Gasteiger partial charge is 0.169 e. The van der Waals surface area contributed by atoms with Gasteiger partial charge in [-0.25, -0.2) is 5.43 Å². The van der Waals surface area contributed by atoms with E-state index in [-0.39, 0.29) is 0 Å². The molecule has 0 saturated carbocycles. The fraction of sp³-hybridized carbons (Fsp3) is 0. The molecule has 0 aliphatic carbocycles. The van der Waals surface area contributed by atoms with Crippen molar-refractivity contribution < 1.29 is 5.03 Å². The summed E-state index contributed by atoms with van der Waals surface area (Å²) >= 11 is 0. The Bertz CT molecular complexity index is 175. The van der Waals surface area contributed by atoms with E-state index in [0.717, 1.165) is 0 Å². The summed E-state index contributed by atoms with van der Waals surface area (Å²) in [7, 11) is 0. The van der Waals surface area contributed by atoms with Gasteiger partial charge in [0.05, 0.1) is 10.1 Å². The maximum atomic E-state index is 9.88. The number of nitrogens with zero attached hydrogens (tertiary/aromatic N) is 3. The fourth-order valence-electron chi connectivity index (χ4n) is 0.377. The second-order valence-electron chi connectivity index (χ2n) is 1.28. The van der Waals surface area contributed by atoms with Crippen molar-refractivity contribution in [3.05, 3.63) is 22.4 Å². The van der Waals surface area contributed by atoms with Gasteiger partial charge in [0.15, 0.2) is 6.21 Å². The molecule has 0 fully saturated rings. The van der Waals surface area contributed by atoms with Gasteiger partial charge in [0, 0.05) is 12.3 Å². The van der Waals surface area contributed by atoms with Crippen LogP contribution in [0.3, 0.4) is 0 Å². The van der Waals surface area contributed by atoms with Crippen LogP contribution < -0.4 is 5.43 Å². The van der Waals surface area contributed by atoms with E-state index in [4.69, 9.17) is 0 Å². The van der Waals surface area contributed by atoms with E-state index in [9.17, 15) is 10.1 Å². The SMILES string of the molecule is O=[N+]([O-])N1N=CC=CN1. The van der Waals surface area contributed by atoms with Crippen LogP contribution in [0.4, 0.5) is 0 Å². The standard InChI is InChI=1S/C3H4N4O2/c8-7(9)6-4-2-1-3-5-6/h1-4H. The Kier molecular flexibility index (Phi) is 1.31. The summed E-state index contributed by atoms with van der Waals surface area (Å²) < 4.78 is 0. The van der Waals surface area contributed by atoms with E-state index in [1.54, 1.807) is 6.08 Å². The summed E-state index contributed by atoms with van der Waals surface area (Å²) in [4.78, 5) is 9.88. The summed E-state index contributed by atoms with van der Waals surface area (Å²) in [6, 6.07) is 0. The maximum absolute atomic E-state index is 9.88. The molecule has 9 heavy (non-hydrogen) atoms. The van der Waals surface area contributed by atoms with Gasteiger partial charge in [0.1, 0.15) is 5.23 Å². The van der Waals surface area contributed by atoms with Crippen LogP contribution in [0.1, 0.15) is 0 Å². The van der Waals surface area contributed by atoms with Gasteiger partial charge in [-0.2, -0.15) is 0 Å². The minimum Gasteiger partial charge on any atom is -0.338 e. The summed E-state index contributed by atoms with van der Waals surface area (Å²) in [5.41, 5.74) is 2.27. The molecule has 0 bridgehead atoms. The van der Waals surface area contributed by atoms with Gasteiger partial charge in [0.2, 0.25) is 0 Å². The van der Waals surface area contributed by atoms with Gasteiger partial charge in [-0.05, 0) is 0 Å². The zero-order chi connectivity index (χ0) is 6.69. The first-order valence-electron chi connectivity index (χ1n) is 2.20. The second-order valence-corrected chi connectivity index (χ2v) is 1.28. The molecule has 0 aromatic heterocycles. The van der Waals surface area contributed by atoms with Crippen LogP contribution in [0.5, 0.6) is 0 Å². The summed E-state index contributed by atoms with van der Waals surface area (Å²) in [6.45, 7) is 0. The highest BCUT2D eigenvalue weighted by molar-refractivity contribution is 5.70. The molecule has 0 radical (unpaired) electrons. The molecular weight excluding hydrogens is 124 g/mol. The van der Waals surface area contributed by atoms with Gasteiger partial charge >= 0.3 is 0 Å². The number of hydrazone groups is 1. The van der Waals surface area contributed by atoms with Crippen molar-refractivity contribution in [1.82, 2.24) is 10.7 Å². The number of hydrogen-bond acceptors (Lipinski definition) is 4. The quantitative estimate of drug-likeness (QED) is 0.381. The Morgan fingerprint density at radius 1 is 1.78 bits per heavy atom. The van der Waals surface area contributed by atoms with E-state index in [2.05, 4.69) is 10.5 Å². The number of allylic oxidation sites excluding steroid dienone is 1. The summed E-state index contributed by atoms with van der Waals surface area (Å²) in [5.74, 6) is 0. The number of nitrogens with one attached hydrogen (secondary N) is 1. The Balaban J connectivity index is 2.56. The predicted octanol–water partition coefficient (Wildman–Crippen LogP) is -0.502. The second kappa shape index (κ2) is 2.12. The van der Waals surface area contributed by atoms with Crippen LogP contribution in [0.15, 0.2) is 17.4 Å². The Morgan fingerprint density at radius 2 is 2.56 bits per heavy atom. The minimum absolute atomic E-state index is 0.514. The Morgan fingerprint density at radius 3 is 2.89 bits per heavy atom. The molecular formula is C3H4N4O2. The van der Waals surface area contributed by atoms with Crippen molar-refractivity contribution in [3.8, 4) is 0 Å². The van der Waals surface area contributed by atoms with Crippen molar-refractivity contribution in [3.63, 3.8) is 0 Å². The van der Waals surface area contributed by atoms with Crippen molar-refractivity contribution >= 4 is 6.21 Å². The topological polar surface area (TPSA) is 70.8 Å². The van der Waals surface area contributed by atoms with Crippen molar-refractivity contribution in [2.75, 3.05) is 0 Å². The van der Waals surface area contributed by atoms with Crippen LogP contribution >= 0.6 is 0 Å². The Hall–Kier alpha value is -1.59. The molecule has 0 saturated heterocycles. The monoisotopic (exact) mass is 128 g/mol. The number of hydrogen-bond donors (Lipinski definition) is 1. The average Bonchev–Trinajstić information content (AvgIpc) is 1.90. The van der Waals surface area contributed by atoms with Crippen LogP contribution in [-0.2, 0) is 0 Å². The average molecular weight is 128 g/mol. The molecule has 1 N–H and O–H groups in total. The van der Waals surface area contributed by atoms with Crippen molar-refractivity contribution in [2.45, 2.75) is 0 Å².